The van der Waals surface area contributed by atoms with Crippen LogP contribution in [0.1, 0.15) is 24.8 Å². The average Bonchev–Trinajstić information content (AvgIpc) is 2.77. The van der Waals surface area contributed by atoms with Gasteiger partial charge in [-0.3, -0.25) is 4.79 Å². The van der Waals surface area contributed by atoms with Gasteiger partial charge in [-0.25, -0.2) is 9.49 Å². The molecule has 0 aliphatic carbocycles. The molecular weight excluding hydrogens is 381 g/mol. The number of nitrogens with zero attached hydrogens (tertiary/aromatic N) is 1. The van der Waals surface area contributed by atoms with Crippen molar-refractivity contribution in [3.05, 3.63) is 94.5 Å². The van der Waals surface area contributed by atoms with E-state index in [1.54, 1.807) is 24.3 Å². The van der Waals surface area contributed by atoms with Gasteiger partial charge in [0, 0.05) is 11.9 Å². The van der Waals surface area contributed by atoms with Crippen LogP contribution in [0.25, 0.3) is 10.8 Å². The van der Waals surface area contributed by atoms with Crippen molar-refractivity contribution in [2.24, 2.45) is 0 Å². The molecule has 0 amide bonds. The molecule has 1 unspecified atom stereocenters. The SMILES string of the molecule is CC(CCNc1n[nH]c(=O)c2ccccc12)c1ccc(Oc2ccccc2F)cc1. The minimum atomic E-state index is -0.385. The third-order valence-corrected chi connectivity index (χ3v) is 5.08. The summed E-state index contributed by atoms with van der Waals surface area (Å²) in [6.07, 6.45) is 0.878. The highest BCUT2D eigenvalue weighted by Gasteiger charge is 2.09. The lowest BCUT2D eigenvalue weighted by Crippen LogP contribution is -2.13. The smallest absolute Gasteiger partial charge is 0.272 e. The van der Waals surface area contributed by atoms with Gasteiger partial charge in [-0.1, -0.05) is 49.4 Å². The van der Waals surface area contributed by atoms with Crippen molar-refractivity contribution in [1.82, 2.24) is 10.2 Å². The van der Waals surface area contributed by atoms with Crippen LogP contribution in [0, 0.1) is 5.82 Å². The zero-order chi connectivity index (χ0) is 20.9. The Morgan fingerprint density at radius 2 is 1.70 bits per heavy atom. The number of halogens is 1. The Morgan fingerprint density at radius 1 is 1.00 bits per heavy atom. The molecular formula is C24H22FN3O2. The third kappa shape index (κ3) is 4.33. The van der Waals surface area contributed by atoms with Gasteiger partial charge in [0.05, 0.1) is 5.39 Å². The highest BCUT2D eigenvalue weighted by molar-refractivity contribution is 5.90. The Balaban J connectivity index is 1.37. The van der Waals surface area contributed by atoms with E-state index in [0.29, 0.717) is 29.4 Å². The molecule has 152 valence electrons. The number of fused-ring (bicyclic) bond motifs is 1. The van der Waals surface area contributed by atoms with Gasteiger partial charge in [0.1, 0.15) is 5.75 Å². The molecule has 0 saturated carbocycles. The quantitative estimate of drug-likeness (QED) is 0.430. The summed E-state index contributed by atoms with van der Waals surface area (Å²) in [7, 11) is 0. The molecule has 2 N–H and O–H groups in total. The number of hydrogen-bond acceptors (Lipinski definition) is 4. The minimum absolute atomic E-state index is 0.192. The predicted molar refractivity (Wildman–Crippen MR) is 117 cm³/mol. The zero-order valence-electron chi connectivity index (χ0n) is 16.6. The van der Waals surface area contributed by atoms with Gasteiger partial charge in [0.15, 0.2) is 17.4 Å². The van der Waals surface area contributed by atoms with Crippen LogP contribution in [0.2, 0.25) is 0 Å². The first-order chi connectivity index (χ1) is 14.6. The maximum absolute atomic E-state index is 13.7. The molecule has 0 saturated heterocycles. The number of benzene rings is 3. The van der Waals surface area contributed by atoms with Crippen LogP contribution in [-0.4, -0.2) is 16.7 Å². The van der Waals surface area contributed by atoms with Crippen LogP contribution >= 0.6 is 0 Å². The Labute approximate surface area is 173 Å². The maximum Gasteiger partial charge on any atom is 0.272 e. The summed E-state index contributed by atoms with van der Waals surface area (Å²) >= 11 is 0. The van der Waals surface area contributed by atoms with Crippen LogP contribution in [0.5, 0.6) is 11.5 Å². The van der Waals surface area contributed by atoms with Crippen molar-refractivity contribution in [1.29, 1.82) is 0 Å². The maximum atomic E-state index is 13.7. The van der Waals surface area contributed by atoms with E-state index in [4.69, 9.17) is 4.74 Å². The van der Waals surface area contributed by atoms with E-state index in [2.05, 4.69) is 22.4 Å². The van der Waals surface area contributed by atoms with E-state index in [1.165, 1.54) is 6.07 Å². The summed E-state index contributed by atoms with van der Waals surface area (Å²) in [5.74, 6) is 1.39. The van der Waals surface area contributed by atoms with Crippen molar-refractivity contribution >= 4 is 16.6 Å². The summed E-state index contributed by atoms with van der Waals surface area (Å²) in [6, 6.07) is 21.4. The number of ether oxygens (including phenoxy) is 1. The van der Waals surface area contributed by atoms with Crippen LogP contribution in [0.15, 0.2) is 77.6 Å². The van der Waals surface area contributed by atoms with Gasteiger partial charge in [-0.05, 0) is 48.2 Å². The van der Waals surface area contributed by atoms with E-state index >= 15 is 0 Å². The minimum Gasteiger partial charge on any atom is -0.454 e. The van der Waals surface area contributed by atoms with Crippen molar-refractivity contribution in [3.8, 4) is 11.5 Å². The molecule has 0 fully saturated rings. The fraction of sp³-hybridized carbons (Fsp3) is 0.167. The number of anilines is 1. The van der Waals surface area contributed by atoms with E-state index in [0.717, 1.165) is 17.4 Å². The molecule has 0 aliphatic heterocycles. The third-order valence-electron chi connectivity index (χ3n) is 5.08. The summed E-state index contributed by atoms with van der Waals surface area (Å²) in [6.45, 7) is 2.85. The van der Waals surface area contributed by atoms with Crippen LogP contribution in [-0.2, 0) is 0 Å². The Kier molecular flexibility index (Phi) is 5.75. The Morgan fingerprint density at radius 3 is 2.47 bits per heavy atom. The molecule has 4 rings (SSSR count). The molecule has 1 atom stereocenters. The highest BCUT2D eigenvalue weighted by Crippen LogP contribution is 2.27. The molecule has 0 spiro atoms. The van der Waals surface area contributed by atoms with Gasteiger partial charge in [0.25, 0.3) is 5.56 Å². The second-order valence-corrected chi connectivity index (χ2v) is 7.16. The van der Waals surface area contributed by atoms with Gasteiger partial charge in [-0.15, -0.1) is 0 Å². The van der Waals surface area contributed by atoms with Gasteiger partial charge in [0.2, 0.25) is 0 Å². The molecule has 6 heteroatoms. The van der Waals surface area contributed by atoms with Crippen molar-refractivity contribution in [3.63, 3.8) is 0 Å². The molecule has 0 aliphatic rings. The lowest BCUT2D eigenvalue weighted by molar-refractivity contribution is 0.442. The summed E-state index contributed by atoms with van der Waals surface area (Å²) in [4.78, 5) is 11.9. The second kappa shape index (κ2) is 8.78. The molecule has 3 aromatic carbocycles. The van der Waals surface area contributed by atoms with Crippen LogP contribution in [0.3, 0.4) is 0 Å². The van der Waals surface area contributed by atoms with E-state index in [1.807, 2.05) is 42.5 Å². The molecule has 4 aromatic rings. The number of H-pyrrole nitrogens is 1. The fourth-order valence-electron chi connectivity index (χ4n) is 3.34. The van der Waals surface area contributed by atoms with Crippen LogP contribution < -0.4 is 15.6 Å². The lowest BCUT2D eigenvalue weighted by Gasteiger charge is -2.14. The van der Waals surface area contributed by atoms with Crippen molar-refractivity contribution in [2.75, 3.05) is 11.9 Å². The lowest BCUT2D eigenvalue weighted by atomic mass is 9.98. The molecule has 0 radical (unpaired) electrons. The first-order valence-electron chi connectivity index (χ1n) is 9.85. The number of nitrogens with one attached hydrogen (secondary N) is 2. The van der Waals surface area contributed by atoms with E-state index in [9.17, 15) is 9.18 Å². The number of rotatable bonds is 7. The molecule has 30 heavy (non-hydrogen) atoms. The Hall–Kier alpha value is -3.67. The summed E-state index contributed by atoms with van der Waals surface area (Å²) < 4.78 is 19.3. The number of para-hydroxylation sites is 1. The molecule has 1 aromatic heterocycles. The highest BCUT2D eigenvalue weighted by atomic mass is 19.1. The standard InChI is InChI=1S/C24H22FN3O2/c1-16(14-15-26-23-19-6-2-3-7-20(19)24(29)28-27-23)17-10-12-18(13-11-17)30-22-9-5-4-8-21(22)25/h2-13,16H,14-15H2,1H3,(H,26,27)(H,28,29). The topological polar surface area (TPSA) is 67.0 Å². The second-order valence-electron chi connectivity index (χ2n) is 7.16. The molecule has 1 heterocycles. The average molecular weight is 403 g/mol. The number of aromatic nitrogens is 2. The van der Waals surface area contributed by atoms with Crippen LogP contribution in [0.4, 0.5) is 10.2 Å². The largest absolute Gasteiger partial charge is 0.454 e. The van der Waals surface area contributed by atoms with E-state index in [-0.39, 0.29) is 17.1 Å². The number of aromatic amines is 1. The monoisotopic (exact) mass is 403 g/mol. The Bertz CT molecular complexity index is 1200. The van der Waals surface area contributed by atoms with Gasteiger partial charge < -0.3 is 10.1 Å². The molecule has 5 nitrogen and oxygen atoms in total. The molecule has 0 bridgehead atoms. The predicted octanol–water partition coefficient (Wildman–Crippen LogP) is 5.46. The zero-order valence-corrected chi connectivity index (χ0v) is 16.6. The van der Waals surface area contributed by atoms with Gasteiger partial charge >= 0.3 is 0 Å². The van der Waals surface area contributed by atoms with Gasteiger partial charge in [-0.2, -0.15) is 5.10 Å². The fourth-order valence-corrected chi connectivity index (χ4v) is 3.34. The summed E-state index contributed by atoms with van der Waals surface area (Å²) in [5.41, 5.74) is 0.971. The van der Waals surface area contributed by atoms with E-state index < -0.39 is 0 Å². The summed E-state index contributed by atoms with van der Waals surface area (Å²) in [5, 5.41) is 11.4. The normalized spacial score (nSPS) is 11.9. The first kappa shape index (κ1) is 19.6. The number of hydrogen-bond donors (Lipinski definition) is 2. The van der Waals surface area contributed by atoms with Crippen molar-refractivity contribution < 1.29 is 9.13 Å². The van der Waals surface area contributed by atoms with Crippen molar-refractivity contribution in [2.45, 2.75) is 19.3 Å². The first-order valence-corrected chi connectivity index (χ1v) is 9.85.